The number of hydrogen-bond donors (Lipinski definition) is 1. The van der Waals surface area contributed by atoms with Crippen molar-refractivity contribution in [3.63, 3.8) is 0 Å². The van der Waals surface area contributed by atoms with Gasteiger partial charge < -0.3 is 15.1 Å². The molecular formula is C14H25N5. The quantitative estimate of drug-likeness (QED) is 0.894. The molecule has 0 aromatic carbocycles. The first-order chi connectivity index (χ1) is 9.11. The fourth-order valence-corrected chi connectivity index (χ4v) is 2.86. The van der Waals surface area contributed by atoms with E-state index in [-0.39, 0.29) is 0 Å². The molecule has 19 heavy (non-hydrogen) atoms. The maximum atomic E-state index is 4.46. The Morgan fingerprint density at radius 3 is 2.58 bits per heavy atom. The Bertz CT molecular complexity index is 410. The second kappa shape index (κ2) is 6.19. The summed E-state index contributed by atoms with van der Waals surface area (Å²) in [4.78, 5) is 13.4. The fraction of sp³-hybridized carbons (Fsp3) is 0.714. The SMILES string of the molecule is CNc1ncnc(N2CCC(CN(C)C)CC2)c1C. The Morgan fingerprint density at radius 2 is 2.00 bits per heavy atom. The van der Waals surface area contributed by atoms with Crippen LogP contribution in [0.4, 0.5) is 11.6 Å². The standard InChI is InChI=1S/C14H25N5/c1-11-13(15-2)16-10-17-14(11)19-7-5-12(6-8-19)9-18(3)4/h10,12H,5-9H2,1-4H3,(H,15,16,17). The lowest BCUT2D eigenvalue weighted by molar-refractivity contribution is 0.284. The van der Waals surface area contributed by atoms with Gasteiger partial charge in [0.05, 0.1) is 0 Å². The van der Waals surface area contributed by atoms with Gasteiger partial charge in [-0.1, -0.05) is 0 Å². The molecule has 1 fully saturated rings. The second-order valence-electron chi connectivity index (χ2n) is 5.61. The molecule has 0 saturated carbocycles. The first-order valence-electron chi connectivity index (χ1n) is 7.01. The van der Waals surface area contributed by atoms with E-state index in [4.69, 9.17) is 0 Å². The summed E-state index contributed by atoms with van der Waals surface area (Å²) in [6.45, 7) is 5.48. The molecule has 0 unspecified atom stereocenters. The number of nitrogens with zero attached hydrogens (tertiary/aromatic N) is 4. The van der Waals surface area contributed by atoms with E-state index in [1.807, 2.05) is 7.05 Å². The van der Waals surface area contributed by atoms with Crippen molar-refractivity contribution in [2.75, 3.05) is 51.0 Å². The van der Waals surface area contributed by atoms with Crippen LogP contribution >= 0.6 is 0 Å². The van der Waals surface area contributed by atoms with Gasteiger partial charge in [0.1, 0.15) is 18.0 Å². The van der Waals surface area contributed by atoms with Crippen molar-refractivity contribution < 1.29 is 0 Å². The molecule has 0 spiro atoms. The third-order valence-electron chi connectivity index (χ3n) is 3.83. The zero-order chi connectivity index (χ0) is 13.8. The summed E-state index contributed by atoms with van der Waals surface area (Å²) in [7, 11) is 6.21. The Balaban J connectivity index is 2.01. The van der Waals surface area contributed by atoms with Gasteiger partial charge in [0.15, 0.2) is 0 Å². The van der Waals surface area contributed by atoms with Crippen LogP contribution < -0.4 is 10.2 Å². The number of hydrogen-bond acceptors (Lipinski definition) is 5. The number of rotatable bonds is 4. The predicted octanol–water partition coefficient (Wildman–Crippen LogP) is 1.60. The largest absolute Gasteiger partial charge is 0.373 e. The first-order valence-corrected chi connectivity index (χ1v) is 7.01. The van der Waals surface area contributed by atoms with Gasteiger partial charge in [-0.25, -0.2) is 9.97 Å². The number of nitrogens with one attached hydrogen (secondary N) is 1. The molecule has 2 rings (SSSR count). The zero-order valence-corrected chi connectivity index (χ0v) is 12.5. The van der Waals surface area contributed by atoms with Crippen molar-refractivity contribution in [1.82, 2.24) is 14.9 Å². The maximum absolute atomic E-state index is 4.46. The highest BCUT2D eigenvalue weighted by atomic mass is 15.2. The van der Waals surface area contributed by atoms with Crippen LogP contribution in [0.15, 0.2) is 6.33 Å². The lowest BCUT2D eigenvalue weighted by Crippen LogP contribution is -2.38. The normalized spacial score (nSPS) is 17.0. The molecule has 0 radical (unpaired) electrons. The van der Waals surface area contributed by atoms with E-state index in [9.17, 15) is 0 Å². The van der Waals surface area contributed by atoms with Crippen molar-refractivity contribution in [3.8, 4) is 0 Å². The van der Waals surface area contributed by atoms with E-state index in [0.29, 0.717) is 0 Å². The zero-order valence-electron chi connectivity index (χ0n) is 12.5. The van der Waals surface area contributed by atoms with E-state index in [0.717, 1.165) is 36.2 Å². The molecule has 1 N–H and O–H groups in total. The van der Waals surface area contributed by atoms with Gasteiger partial charge in [0.25, 0.3) is 0 Å². The van der Waals surface area contributed by atoms with Gasteiger partial charge in [-0.3, -0.25) is 0 Å². The van der Waals surface area contributed by atoms with Crippen LogP contribution in [0.25, 0.3) is 0 Å². The summed E-state index contributed by atoms with van der Waals surface area (Å²) in [6.07, 6.45) is 4.15. The van der Waals surface area contributed by atoms with Crippen molar-refractivity contribution >= 4 is 11.6 Å². The summed E-state index contributed by atoms with van der Waals surface area (Å²) in [5.74, 6) is 2.83. The van der Waals surface area contributed by atoms with Crippen LogP contribution in [0, 0.1) is 12.8 Å². The van der Waals surface area contributed by atoms with Crippen LogP contribution in [0.1, 0.15) is 18.4 Å². The molecule has 1 aliphatic rings. The summed E-state index contributed by atoms with van der Waals surface area (Å²) in [5, 5.41) is 3.13. The van der Waals surface area contributed by atoms with Crippen LogP contribution in [-0.2, 0) is 0 Å². The van der Waals surface area contributed by atoms with Crippen molar-refractivity contribution in [3.05, 3.63) is 11.9 Å². The number of anilines is 2. The van der Waals surface area contributed by atoms with Gasteiger partial charge in [-0.2, -0.15) is 0 Å². The Hall–Kier alpha value is -1.36. The molecule has 1 aromatic heterocycles. The highest BCUT2D eigenvalue weighted by molar-refractivity contribution is 5.57. The molecule has 1 saturated heterocycles. The monoisotopic (exact) mass is 263 g/mol. The maximum Gasteiger partial charge on any atom is 0.137 e. The lowest BCUT2D eigenvalue weighted by Gasteiger charge is -2.34. The highest BCUT2D eigenvalue weighted by Gasteiger charge is 2.22. The van der Waals surface area contributed by atoms with E-state index in [2.05, 4.69) is 46.1 Å². The molecule has 5 heteroatoms. The molecule has 106 valence electrons. The van der Waals surface area contributed by atoms with Gasteiger partial charge >= 0.3 is 0 Å². The molecule has 2 heterocycles. The molecule has 5 nitrogen and oxygen atoms in total. The van der Waals surface area contributed by atoms with Gasteiger partial charge in [-0.05, 0) is 39.8 Å². The third-order valence-corrected chi connectivity index (χ3v) is 3.83. The molecule has 0 bridgehead atoms. The average Bonchev–Trinajstić information content (AvgIpc) is 2.39. The summed E-state index contributed by atoms with van der Waals surface area (Å²) in [6, 6.07) is 0. The van der Waals surface area contributed by atoms with E-state index >= 15 is 0 Å². The molecule has 0 amide bonds. The number of aromatic nitrogens is 2. The van der Waals surface area contributed by atoms with Gasteiger partial charge in [-0.15, -0.1) is 0 Å². The Morgan fingerprint density at radius 1 is 1.32 bits per heavy atom. The van der Waals surface area contributed by atoms with Crippen molar-refractivity contribution in [2.24, 2.45) is 5.92 Å². The number of piperidine rings is 1. The highest BCUT2D eigenvalue weighted by Crippen LogP contribution is 2.26. The predicted molar refractivity (Wildman–Crippen MR) is 79.8 cm³/mol. The van der Waals surface area contributed by atoms with E-state index in [1.165, 1.54) is 19.4 Å². The minimum Gasteiger partial charge on any atom is -0.373 e. The summed E-state index contributed by atoms with van der Waals surface area (Å²) < 4.78 is 0. The Kier molecular flexibility index (Phi) is 4.58. The summed E-state index contributed by atoms with van der Waals surface area (Å²) >= 11 is 0. The minimum absolute atomic E-state index is 0.817. The topological polar surface area (TPSA) is 44.3 Å². The van der Waals surface area contributed by atoms with E-state index < -0.39 is 0 Å². The van der Waals surface area contributed by atoms with Gasteiger partial charge in [0.2, 0.25) is 0 Å². The van der Waals surface area contributed by atoms with Crippen LogP contribution in [0.3, 0.4) is 0 Å². The van der Waals surface area contributed by atoms with Crippen LogP contribution in [0.2, 0.25) is 0 Å². The first kappa shape index (κ1) is 14.1. The molecular weight excluding hydrogens is 238 g/mol. The molecule has 1 aromatic rings. The van der Waals surface area contributed by atoms with Crippen molar-refractivity contribution in [2.45, 2.75) is 19.8 Å². The minimum atomic E-state index is 0.817. The molecule has 0 aliphatic carbocycles. The van der Waals surface area contributed by atoms with Crippen molar-refractivity contribution in [1.29, 1.82) is 0 Å². The van der Waals surface area contributed by atoms with Gasteiger partial charge in [0, 0.05) is 32.2 Å². The smallest absolute Gasteiger partial charge is 0.137 e. The summed E-state index contributed by atoms with van der Waals surface area (Å²) in [5.41, 5.74) is 1.15. The molecule has 0 atom stereocenters. The second-order valence-corrected chi connectivity index (χ2v) is 5.61. The lowest BCUT2D eigenvalue weighted by atomic mass is 9.96. The fourth-order valence-electron chi connectivity index (χ4n) is 2.86. The third kappa shape index (κ3) is 3.35. The molecule has 1 aliphatic heterocycles. The van der Waals surface area contributed by atoms with Crippen LogP contribution in [-0.4, -0.2) is 55.6 Å². The van der Waals surface area contributed by atoms with E-state index in [1.54, 1.807) is 6.33 Å². The van der Waals surface area contributed by atoms with Crippen LogP contribution in [0.5, 0.6) is 0 Å². The Labute approximate surface area is 116 Å². The average molecular weight is 263 g/mol.